The minimum atomic E-state index is -4.58. The van der Waals surface area contributed by atoms with E-state index in [1.165, 1.54) is 39.9 Å². The molecule has 0 amide bonds. The van der Waals surface area contributed by atoms with Crippen molar-refractivity contribution in [2.45, 2.75) is 13.1 Å². The predicted molar refractivity (Wildman–Crippen MR) is 109 cm³/mol. The summed E-state index contributed by atoms with van der Waals surface area (Å²) >= 11 is 0. The summed E-state index contributed by atoms with van der Waals surface area (Å²) in [7, 11) is 4.43. The Hall–Kier alpha value is -3.49. The Morgan fingerprint density at radius 2 is 1.55 bits per heavy atom. The quantitative estimate of drug-likeness (QED) is 0.506. The molecule has 164 valence electrons. The van der Waals surface area contributed by atoms with Crippen LogP contribution < -0.4 is 18.9 Å². The first kappa shape index (κ1) is 22.2. The van der Waals surface area contributed by atoms with Gasteiger partial charge < -0.3 is 18.9 Å². The number of rotatable bonds is 7. The van der Waals surface area contributed by atoms with Crippen molar-refractivity contribution >= 4 is 0 Å². The highest BCUT2D eigenvalue weighted by Gasteiger charge is 2.35. The Morgan fingerprint density at radius 1 is 0.871 bits per heavy atom. The number of hydrogen-bond donors (Lipinski definition) is 0. The van der Waals surface area contributed by atoms with Gasteiger partial charge in [0.15, 0.2) is 11.5 Å². The summed E-state index contributed by atoms with van der Waals surface area (Å²) in [5.41, 5.74) is 0.804. The summed E-state index contributed by atoms with van der Waals surface area (Å²) in [6.45, 7) is 1.75. The number of alkyl halides is 3. The highest BCUT2D eigenvalue weighted by atomic mass is 19.4. The maximum Gasteiger partial charge on any atom is 0.419 e. The van der Waals surface area contributed by atoms with Gasteiger partial charge in [-0.1, -0.05) is 6.07 Å². The van der Waals surface area contributed by atoms with Crippen LogP contribution in [0.4, 0.5) is 13.2 Å². The topological polar surface area (TPSA) is 62.7 Å². The van der Waals surface area contributed by atoms with Crippen LogP contribution in [0.15, 0.2) is 42.9 Å². The second-order valence-corrected chi connectivity index (χ2v) is 6.34. The number of hydrogen-bond acceptors (Lipinski definition) is 6. The maximum atomic E-state index is 13.6. The molecule has 0 radical (unpaired) electrons. The first-order valence-electron chi connectivity index (χ1n) is 9.28. The zero-order valence-electron chi connectivity index (χ0n) is 17.4. The average Bonchev–Trinajstić information content (AvgIpc) is 2.77. The summed E-state index contributed by atoms with van der Waals surface area (Å²) < 4.78 is 62.1. The average molecular weight is 434 g/mol. The number of benzene rings is 2. The second-order valence-electron chi connectivity index (χ2n) is 6.34. The van der Waals surface area contributed by atoms with Crippen molar-refractivity contribution in [1.29, 1.82) is 0 Å². The van der Waals surface area contributed by atoms with Gasteiger partial charge in [-0.05, 0) is 36.8 Å². The molecule has 0 N–H and O–H groups in total. The van der Waals surface area contributed by atoms with Crippen molar-refractivity contribution in [1.82, 2.24) is 9.97 Å². The Kier molecular flexibility index (Phi) is 6.53. The minimum absolute atomic E-state index is 0.119. The van der Waals surface area contributed by atoms with Crippen molar-refractivity contribution in [3.63, 3.8) is 0 Å². The van der Waals surface area contributed by atoms with Crippen LogP contribution >= 0.6 is 0 Å². The standard InChI is InChI=1S/C22H21F3N2O4/c1-5-31-17-7-6-13(8-16(17)22(23,24)25)15-11-26-12-27-20(15)14-9-18(28-2)21(30-4)19(10-14)29-3/h6-12H,5H2,1-4H3. The molecule has 31 heavy (non-hydrogen) atoms. The molecule has 9 heteroatoms. The first-order valence-corrected chi connectivity index (χ1v) is 9.28. The smallest absolute Gasteiger partial charge is 0.419 e. The lowest BCUT2D eigenvalue weighted by Gasteiger charge is -2.17. The normalized spacial score (nSPS) is 11.2. The molecule has 3 rings (SSSR count). The van der Waals surface area contributed by atoms with Gasteiger partial charge in [0.2, 0.25) is 5.75 Å². The molecular weight excluding hydrogens is 413 g/mol. The third kappa shape index (κ3) is 4.50. The molecule has 0 spiro atoms. The monoisotopic (exact) mass is 434 g/mol. The third-order valence-corrected chi connectivity index (χ3v) is 4.55. The van der Waals surface area contributed by atoms with Crippen molar-refractivity contribution in [3.8, 4) is 45.4 Å². The summed E-state index contributed by atoms with van der Waals surface area (Å²) in [4.78, 5) is 8.31. The molecule has 0 saturated carbocycles. The van der Waals surface area contributed by atoms with Gasteiger partial charge in [0.05, 0.1) is 39.2 Å². The maximum absolute atomic E-state index is 13.6. The SMILES string of the molecule is CCOc1ccc(-c2cncnc2-c2cc(OC)c(OC)c(OC)c2)cc1C(F)(F)F. The van der Waals surface area contributed by atoms with Gasteiger partial charge in [-0.25, -0.2) is 9.97 Å². The number of aromatic nitrogens is 2. The summed E-state index contributed by atoms with van der Waals surface area (Å²) in [5.74, 6) is 0.947. The van der Waals surface area contributed by atoms with Crippen LogP contribution in [0.1, 0.15) is 12.5 Å². The highest BCUT2D eigenvalue weighted by molar-refractivity contribution is 5.82. The zero-order chi connectivity index (χ0) is 22.6. The lowest BCUT2D eigenvalue weighted by molar-refractivity contribution is -0.138. The summed E-state index contributed by atoms with van der Waals surface area (Å²) in [5, 5.41) is 0. The van der Waals surface area contributed by atoms with E-state index in [-0.39, 0.29) is 12.4 Å². The molecule has 0 aliphatic rings. The van der Waals surface area contributed by atoms with Crippen LogP contribution in [0.5, 0.6) is 23.0 Å². The number of halogens is 3. The van der Waals surface area contributed by atoms with E-state index in [9.17, 15) is 13.2 Å². The number of methoxy groups -OCH3 is 3. The van der Waals surface area contributed by atoms with Crippen molar-refractivity contribution < 1.29 is 32.1 Å². The lowest BCUT2D eigenvalue weighted by atomic mass is 9.98. The van der Waals surface area contributed by atoms with Crippen molar-refractivity contribution in [3.05, 3.63) is 48.4 Å². The third-order valence-electron chi connectivity index (χ3n) is 4.55. The van der Waals surface area contributed by atoms with Crippen LogP contribution in [0.25, 0.3) is 22.4 Å². The molecule has 0 aliphatic heterocycles. The van der Waals surface area contributed by atoms with E-state index in [0.29, 0.717) is 39.6 Å². The molecule has 0 aliphatic carbocycles. The largest absolute Gasteiger partial charge is 0.493 e. The van der Waals surface area contributed by atoms with Crippen LogP contribution in [0, 0.1) is 0 Å². The molecule has 0 atom stereocenters. The van der Waals surface area contributed by atoms with Crippen molar-refractivity contribution in [2.24, 2.45) is 0 Å². The van der Waals surface area contributed by atoms with Gasteiger partial charge in [-0.2, -0.15) is 13.2 Å². The number of ether oxygens (including phenoxy) is 4. The molecule has 1 aromatic heterocycles. The van der Waals surface area contributed by atoms with Gasteiger partial charge in [0.25, 0.3) is 0 Å². The molecule has 0 unspecified atom stereocenters. The Labute approximate surface area is 177 Å². The highest BCUT2D eigenvalue weighted by Crippen LogP contribution is 2.44. The molecule has 6 nitrogen and oxygen atoms in total. The summed E-state index contributed by atoms with van der Waals surface area (Å²) in [6.07, 6.45) is -1.80. The number of nitrogens with zero attached hydrogens (tertiary/aromatic N) is 2. The molecule has 3 aromatic rings. The van der Waals surface area contributed by atoms with E-state index in [4.69, 9.17) is 18.9 Å². The van der Waals surface area contributed by atoms with E-state index in [0.717, 1.165) is 6.07 Å². The van der Waals surface area contributed by atoms with Crippen LogP contribution in [-0.2, 0) is 6.18 Å². The lowest BCUT2D eigenvalue weighted by Crippen LogP contribution is -2.09. The van der Waals surface area contributed by atoms with Gasteiger partial charge in [0, 0.05) is 17.3 Å². The Bertz CT molecular complexity index is 1050. The van der Waals surface area contributed by atoms with E-state index >= 15 is 0 Å². The molecular formula is C22H21F3N2O4. The Balaban J connectivity index is 2.21. The van der Waals surface area contributed by atoms with Gasteiger partial charge in [0.1, 0.15) is 12.1 Å². The van der Waals surface area contributed by atoms with E-state index in [1.54, 1.807) is 25.1 Å². The molecule has 2 aromatic carbocycles. The van der Waals surface area contributed by atoms with E-state index in [2.05, 4.69) is 9.97 Å². The van der Waals surface area contributed by atoms with Crippen molar-refractivity contribution in [2.75, 3.05) is 27.9 Å². The van der Waals surface area contributed by atoms with Crippen LogP contribution in [-0.4, -0.2) is 37.9 Å². The second kappa shape index (κ2) is 9.11. The fourth-order valence-electron chi connectivity index (χ4n) is 3.19. The summed E-state index contributed by atoms with van der Waals surface area (Å²) in [6, 6.07) is 7.22. The predicted octanol–water partition coefficient (Wildman–Crippen LogP) is 5.25. The van der Waals surface area contributed by atoms with E-state index in [1.807, 2.05) is 0 Å². The molecule has 1 heterocycles. The fraction of sp³-hybridized carbons (Fsp3) is 0.273. The van der Waals surface area contributed by atoms with Crippen LogP contribution in [0.3, 0.4) is 0 Å². The van der Waals surface area contributed by atoms with Gasteiger partial charge in [-0.3, -0.25) is 0 Å². The van der Waals surface area contributed by atoms with E-state index < -0.39 is 11.7 Å². The van der Waals surface area contributed by atoms with Crippen LogP contribution in [0.2, 0.25) is 0 Å². The fourth-order valence-corrected chi connectivity index (χ4v) is 3.19. The molecule has 0 saturated heterocycles. The zero-order valence-corrected chi connectivity index (χ0v) is 17.4. The molecule has 0 bridgehead atoms. The minimum Gasteiger partial charge on any atom is -0.493 e. The first-order chi connectivity index (χ1) is 14.8. The molecule has 0 fully saturated rings. The van der Waals surface area contributed by atoms with Gasteiger partial charge in [-0.15, -0.1) is 0 Å². The van der Waals surface area contributed by atoms with Gasteiger partial charge >= 0.3 is 6.18 Å². The Morgan fingerprint density at radius 3 is 2.10 bits per heavy atom.